The van der Waals surface area contributed by atoms with Crippen LogP contribution in [-0.4, -0.2) is 62.5 Å². The lowest BCUT2D eigenvalue weighted by molar-refractivity contribution is -0.152. The Hall–Kier alpha value is -3.54. The van der Waals surface area contributed by atoms with Crippen molar-refractivity contribution in [2.45, 2.75) is 90.4 Å². The first-order valence-electron chi connectivity index (χ1n) is 13.3. The molecule has 0 aliphatic heterocycles. The van der Waals surface area contributed by atoms with E-state index in [4.69, 9.17) is 38.9 Å². The fourth-order valence-corrected chi connectivity index (χ4v) is 3.65. The second-order valence-electron chi connectivity index (χ2n) is 9.18. The van der Waals surface area contributed by atoms with Gasteiger partial charge in [0.1, 0.15) is 24.9 Å². The zero-order chi connectivity index (χ0) is 28.6. The predicted octanol–water partition coefficient (Wildman–Crippen LogP) is 4.82. The van der Waals surface area contributed by atoms with Crippen LogP contribution in [0.2, 0.25) is 0 Å². The molecule has 0 amide bonds. The zero-order valence-corrected chi connectivity index (χ0v) is 22.8. The number of benzene rings is 1. The molecule has 1 aromatic rings. The van der Waals surface area contributed by atoms with Gasteiger partial charge in [-0.25, -0.2) is 14.4 Å². The number of hydrogen-bond acceptors (Lipinski definition) is 12. The molecule has 1 aliphatic rings. The van der Waals surface area contributed by atoms with Crippen LogP contribution in [0, 0.1) is 0 Å². The first-order valence-corrected chi connectivity index (χ1v) is 13.3. The Bertz CT molecular complexity index is 946. The molecule has 0 aromatic heterocycles. The normalized spacial score (nSPS) is 14.9. The van der Waals surface area contributed by atoms with E-state index in [2.05, 4.69) is 0 Å². The van der Waals surface area contributed by atoms with Crippen molar-refractivity contribution in [3.63, 3.8) is 0 Å². The number of hydrogen-bond donors (Lipinski definition) is 1. The quantitative estimate of drug-likeness (QED) is 0.202. The van der Waals surface area contributed by atoms with Gasteiger partial charge in [-0.05, 0) is 69.6 Å². The van der Waals surface area contributed by atoms with Crippen molar-refractivity contribution in [3.8, 4) is 11.5 Å². The molecule has 1 fully saturated rings. The molecule has 0 bridgehead atoms. The van der Waals surface area contributed by atoms with Gasteiger partial charge in [0.2, 0.25) is 0 Å². The van der Waals surface area contributed by atoms with Crippen LogP contribution in [0.25, 0.3) is 0 Å². The fourth-order valence-electron chi connectivity index (χ4n) is 3.65. The molecule has 2 N–H and O–H groups in total. The van der Waals surface area contributed by atoms with E-state index >= 15 is 0 Å². The minimum atomic E-state index is -1.08. The summed E-state index contributed by atoms with van der Waals surface area (Å²) in [7, 11) is 0. The standard InChI is InChI=1S/C27H39NO11/c1-4-13-33-25(30)38-22-12-11-19(16-23(22)39-26(31)34-14-5-2)15-21(28)24(29)36-18(3)17-35-27(32)37-20-9-7-6-8-10-20/h11-12,16,18,20-21H,4-10,13-15,17,28H2,1-3H3/t18-,21-/m0/s1. The van der Waals surface area contributed by atoms with E-state index in [-0.39, 0.29) is 43.8 Å². The van der Waals surface area contributed by atoms with Crippen LogP contribution in [0.15, 0.2) is 18.2 Å². The number of esters is 1. The lowest BCUT2D eigenvalue weighted by Crippen LogP contribution is -2.37. The van der Waals surface area contributed by atoms with E-state index in [0.29, 0.717) is 18.4 Å². The summed E-state index contributed by atoms with van der Waals surface area (Å²) < 4.78 is 35.8. The van der Waals surface area contributed by atoms with Crippen LogP contribution in [-0.2, 0) is 34.9 Å². The number of rotatable bonds is 13. The molecule has 39 heavy (non-hydrogen) atoms. The Labute approximate surface area is 228 Å². The summed E-state index contributed by atoms with van der Waals surface area (Å²) in [4.78, 5) is 48.3. The molecule has 0 saturated heterocycles. The van der Waals surface area contributed by atoms with E-state index in [1.165, 1.54) is 12.1 Å². The maximum Gasteiger partial charge on any atom is 0.513 e. The summed E-state index contributed by atoms with van der Waals surface area (Å²) in [6.45, 7) is 5.34. The monoisotopic (exact) mass is 553 g/mol. The minimum Gasteiger partial charge on any atom is -0.458 e. The summed E-state index contributed by atoms with van der Waals surface area (Å²) in [6.07, 6.45) is 2.37. The number of carbonyl (C=O) groups is 4. The lowest BCUT2D eigenvalue weighted by Gasteiger charge is -2.22. The van der Waals surface area contributed by atoms with Gasteiger partial charge in [0.15, 0.2) is 11.5 Å². The molecule has 1 saturated carbocycles. The molecule has 218 valence electrons. The zero-order valence-electron chi connectivity index (χ0n) is 22.8. The lowest BCUT2D eigenvalue weighted by atomic mass is 9.98. The molecule has 12 heteroatoms. The molecule has 0 radical (unpaired) electrons. The van der Waals surface area contributed by atoms with Crippen molar-refractivity contribution in [1.82, 2.24) is 0 Å². The van der Waals surface area contributed by atoms with Gasteiger partial charge < -0.3 is 38.9 Å². The average molecular weight is 554 g/mol. The van der Waals surface area contributed by atoms with E-state index in [0.717, 1.165) is 32.1 Å². The topological polar surface area (TPSA) is 159 Å². The van der Waals surface area contributed by atoms with Gasteiger partial charge in [0, 0.05) is 0 Å². The van der Waals surface area contributed by atoms with Crippen molar-refractivity contribution in [2.24, 2.45) is 5.73 Å². The summed E-state index contributed by atoms with van der Waals surface area (Å²) in [6, 6.07) is 3.25. The maximum absolute atomic E-state index is 12.5. The van der Waals surface area contributed by atoms with E-state index < -0.39 is 36.6 Å². The molecule has 1 aliphatic carbocycles. The van der Waals surface area contributed by atoms with Gasteiger partial charge in [-0.2, -0.15) is 0 Å². The van der Waals surface area contributed by atoms with Crippen LogP contribution in [0.3, 0.4) is 0 Å². The van der Waals surface area contributed by atoms with Gasteiger partial charge in [-0.15, -0.1) is 0 Å². The maximum atomic E-state index is 12.5. The third-order valence-corrected chi connectivity index (χ3v) is 5.57. The highest BCUT2D eigenvalue weighted by atomic mass is 16.7. The van der Waals surface area contributed by atoms with Crippen LogP contribution < -0.4 is 15.2 Å². The highest BCUT2D eigenvalue weighted by Crippen LogP contribution is 2.30. The Morgan fingerprint density at radius 2 is 1.49 bits per heavy atom. The van der Waals surface area contributed by atoms with E-state index in [9.17, 15) is 19.2 Å². The Kier molecular flexibility index (Phi) is 13.9. The minimum absolute atomic E-state index is 0.0110. The Balaban J connectivity index is 1.92. The van der Waals surface area contributed by atoms with Gasteiger partial charge in [-0.1, -0.05) is 26.3 Å². The van der Waals surface area contributed by atoms with E-state index in [1.807, 2.05) is 13.8 Å². The fraction of sp³-hybridized carbons (Fsp3) is 0.630. The SMILES string of the molecule is CCCOC(=O)Oc1ccc(C[C@H](N)C(=O)O[C@@H](C)COC(=O)OC2CCCCC2)cc1OC(=O)OCCC. The van der Waals surface area contributed by atoms with Crippen LogP contribution in [0.5, 0.6) is 11.5 Å². The average Bonchev–Trinajstić information content (AvgIpc) is 2.91. The van der Waals surface area contributed by atoms with Crippen molar-refractivity contribution in [3.05, 3.63) is 23.8 Å². The summed E-state index contributed by atoms with van der Waals surface area (Å²) in [5.74, 6) is -0.906. The predicted molar refractivity (Wildman–Crippen MR) is 138 cm³/mol. The third-order valence-electron chi connectivity index (χ3n) is 5.57. The van der Waals surface area contributed by atoms with Gasteiger partial charge >= 0.3 is 24.4 Å². The van der Waals surface area contributed by atoms with Crippen molar-refractivity contribution in [1.29, 1.82) is 0 Å². The molecule has 0 spiro atoms. The van der Waals surface area contributed by atoms with Gasteiger partial charge in [0.25, 0.3) is 0 Å². The van der Waals surface area contributed by atoms with Crippen LogP contribution in [0.4, 0.5) is 14.4 Å². The third kappa shape index (κ3) is 12.2. The highest BCUT2D eigenvalue weighted by molar-refractivity contribution is 5.76. The molecular formula is C27H39NO11. The first kappa shape index (κ1) is 31.7. The molecule has 0 heterocycles. The van der Waals surface area contributed by atoms with Crippen molar-refractivity contribution >= 4 is 24.4 Å². The largest absolute Gasteiger partial charge is 0.513 e. The van der Waals surface area contributed by atoms with Crippen LogP contribution in [0.1, 0.15) is 71.3 Å². The number of ether oxygens (including phenoxy) is 7. The molecule has 2 rings (SSSR count). The molecule has 0 unspecified atom stereocenters. The Morgan fingerprint density at radius 3 is 2.10 bits per heavy atom. The summed E-state index contributed by atoms with van der Waals surface area (Å²) >= 11 is 0. The van der Waals surface area contributed by atoms with E-state index in [1.54, 1.807) is 13.0 Å². The molecule has 12 nitrogen and oxygen atoms in total. The summed E-state index contributed by atoms with van der Waals surface area (Å²) in [5.41, 5.74) is 6.52. The van der Waals surface area contributed by atoms with Crippen molar-refractivity contribution in [2.75, 3.05) is 19.8 Å². The van der Waals surface area contributed by atoms with Crippen molar-refractivity contribution < 1.29 is 52.3 Å². The Morgan fingerprint density at radius 1 is 0.872 bits per heavy atom. The van der Waals surface area contributed by atoms with Gasteiger partial charge in [-0.3, -0.25) is 4.79 Å². The second kappa shape index (κ2) is 17.1. The first-order chi connectivity index (χ1) is 18.7. The summed E-state index contributed by atoms with van der Waals surface area (Å²) in [5, 5.41) is 0. The second-order valence-corrected chi connectivity index (χ2v) is 9.18. The smallest absolute Gasteiger partial charge is 0.458 e. The highest BCUT2D eigenvalue weighted by Gasteiger charge is 2.23. The molecule has 1 aromatic carbocycles. The van der Waals surface area contributed by atoms with Crippen LogP contribution >= 0.6 is 0 Å². The van der Waals surface area contributed by atoms with Gasteiger partial charge in [0.05, 0.1) is 13.2 Å². The number of nitrogens with two attached hydrogens (primary N) is 1. The molecule has 2 atom stereocenters. The molecular weight excluding hydrogens is 514 g/mol. The number of carbonyl (C=O) groups excluding carboxylic acids is 4.